The van der Waals surface area contributed by atoms with Crippen LogP contribution in [0.25, 0.3) is 0 Å². The van der Waals surface area contributed by atoms with E-state index in [9.17, 15) is 0 Å². The monoisotopic (exact) mass is 526 g/mol. The lowest BCUT2D eigenvalue weighted by Gasteiger charge is -2.13. The van der Waals surface area contributed by atoms with Crippen LogP contribution in [0.4, 0.5) is 0 Å². The third-order valence-corrected chi connectivity index (χ3v) is 5.22. The van der Waals surface area contributed by atoms with Crippen LogP contribution in [-0.4, -0.2) is 30.8 Å². The molecule has 7 heteroatoms. The number of ether oxygens (including phenoxy) is 1. The standard InChI is InChI=1S/C23H34N4O2.HI/c1-5-24-23(25-12-6-7-21-17(3)27-29-18(21)4)26-14-20-11-8-16(2)13-22(20)28-15-19-9-10-19;/h8,11,13,19H,5-7,9-10,12,14-15H2,1-4H3,(H2,24,25,26);1H. The van der Waals surface area contributed by atoms with E-state index in [-0.39, 0.29) is 24.0 Å². The number of aryl methyl sites for hydroxylation is 3. The van der Waals surface area contributed by atoms with Crippen molar-refractivity contribution in [1.29, 1.82) is 0 Å². The number of aromatic nitrogens is 1. The van der Waals surface area contributed by atoms with Gasteiger partial charge in [0.2, 0.25) is 0 Å². The predicted molar refractivity (Wildman–Crippen MR) is 132 cm³/mol. The summed E-state index contributed by atoms with van der Waals surface area (Å²) in [5.41, 5.74) is 4.55. The molecule has 0 atom stereocenters. The van der Waals surface area contributed by atoms with E-state index in [1.54, 1.807) is 0 Å². The van der Waals surface area contributed by atoms with Crippen LogP contribution in [-0.2, 0) is 13.0 Å². The molecule has 1 fully saturated rings. The Morgan fingerprint density at radius 2 is 2.03 bits per heavy atom. The molecule has 1 aliphatic rings. The second kappa shape index (κ2) is 12.2. The average molecular weight is 526 g/mol. The first-order chi connectivity index (χ1) is 14.1. The average Bonchev–Trinajstić information content (AvgIpc) is 3.48. The molecule has 0 amide bonds. The quantitative estimate of drug-likeness (QED) is 0.203. The summed E-state index contributed by atoms with van der Waals surface area (Å²) in [4.78, 5) is 4.77. The van der Waals surface area contributed by atoms with Crippen LogP contribution in [0.5, 0.6) is 5.75 Å². The Labute approximate surface area is 197 Å². The van der Waals surface area contributed by atoms with E-state index < -0.39 is 0 Å². The van der Waals surface area contributed by atoms with Gasteiger partial charge in [0, 0.05) is 24.2 Å². The van der Waals surface area contributed by atoms with E-state index in [4.69, 9.17) is 14.3 Å². The molecule has 166 valence electrons. The van der Waals surface area contributed by atoms with Crippen molar-refractivity contribution in [1.82, 2.24) is 15.8 Å². The zero-order chi connectivity index (χ0) is 20.6. The molecule has 1 saturated carbocycles. The minimum Gasteiger partial charge on any atom is -0.493 e. The highest BCUT2D eigenvalue weighted by Crippen LogP contribution is 2.31. The molecule has 30 heavy (non-hydrogen) atoms. The van der Waals surface area contributed by atoms with Crippen molar-refractivity contribution >= 4 is 29.9 Å². The van der Waals surface area contributed by atoms with Gasteiger partial charge < -0.3 is 19.9 Å². The second-order valence-electron chi connectivity index (χ2n) is 7.89. The number of guanidine groups is 1. The number of benzene rings is 1. The zero-order valence-corrected chi connectivity index (χ0v) is 20.9. The fourth-order valence-corrected chi connectivity index (χ4v) is 3.26. The smallest absolute Gasteiger partial charge is 0.191 e. The molecule has 0 aliphatic heterocycles. The van der Waals surface area contributed by atoms with Gasteiger partial charge in [0.25, 0.3) is 0 Å². The third-order valence-electron chi connectivity index (χ3n) is 5.22. The SMILES string of the molecule is CCNC(=NCc1ccc(C)cc1OCC1CC1)NCCCc1c(C)noc1C.I. The molecule has 1 aliphatic carbocycles. The summed E-state index contributed by atoms with van der Waals surface area (Å²) in [7, 11) is 0. The summed E-state index contributed by atoms with van der Waals surface area (Å²) in [5.74, 6) is 3.46. The van der Waals surface area contributed by atoms with E-state index >= 15 is 0 Å². The van der Waals surface area contributed by atoms with Gasteiger partial charge in [0.15, 0.2) is 5.96 Å². The highest BCUT2D eigenvalue weighted by molar-refractivity contribution is 14.0. The summed E-state index contributed by atoms with van der Waals surface area (Å²) in [6, 6.07) is 6.37. The highest BCUT2D eigenvalue weighted by Gasteiger charge is 2.22. The lowest BCUT2D eigenvalue weighted by atomic mass is 10.1. The minimum atomic E-state index is 0. The molecule has 0 radical (unpaired) electrons. The van der Waals surface area contributed by atoms with Crippen molar-refractivity contribution in [2.45, 2.75) is 59.9 Å². The van der Waals surface area contributed by atoms with Crippen LogP contribution in [0.2, 0.25) is 0 Å². The normalized spacial score (nSPS) is 13.7. The maximum Gasteiger partial charge on any atom is 0.191 e. The molecule has 3 rings (SSSR count). The molecule has 2 aromatic rings. The van der Waals surface area contributed by atoms with Crippen LogP contribution in [0, 0.1) is 26.7 Å². The predicted octanol–water partition coefficient (Wildman–Crippen LogP) is 4.69. The van der Waals surface area contributed by atoms with Crippen molar-refractivity contribution in [2.24, 2.45) is 10.9 Å². The molecule has 1 aromatic carbocycles. The van der Waals surface area contributed by atoms with Crippen molar-refractivity contribution in [2.75, 3.05) is 19.7 Å². The van der Waals surface area contributed by atoms with Gasteiger partial charge in [0.1, 0.15) is 11.5 Å². The van der Waals surface area contributed by atoms with Crippen LogP contribution < -0.4 is 15.4 Å². The Morgan fingerprint density at radius 3 is 2.70 bits per heavy atom. The van der Waals surface area contributed by atoms with E-state index in [0.717, 1.165) is 67.2 Å². The van der Waals surface area contributed by atoms with E-state index in [1.165, 1.54) is 24.0 Å². The first-order valence-corrected chi connectivity index (χ1v) is 10.7. The van der Waals surface area contributed by atoms with Gasteiger partial charge >= 0.3 is 0 Å². The van der Waals surface area contributed by atoms with Crippen molar-refractivity contribution < 1.29 is 9.26 Å². The fraction of sp³-hybridized carbons (Fsp3) is 0.565. The minimum absolute atomic E-state index is 0. The zero-order valence-electron chi connectivity index (χ0n) is 18.6. The van der Waals surface area contributed by atoms with Crippen LogP contribution in [0.1, 0.15) is 54.3 Å². The van der Waals surface area contributed by atoms with Gasteiger partial charge in [-0.1, -0.05) is 17.3 Å². The molecular weight excluding hydrogens is 491 g/mol. The molecule has 6 nitrogen and oxygen atoms in total. The Kier molecular flexibility index (Phi) is 9.94. The fourth-order valence-electron chi connectivity index (χ4n) is 3.26. The van der Waals surface area contributed by atoms with Crippen molar-refractivity contribution in [3.05, 3.63) is 46.3 Å². The summed E-state index contributed by atoms with van der Waals surface area (Å²) in [6.07, 6.45) is 4.53. The van der Waals surface area contributed by atoms with Crippen molar-refractivity contribution in [3.8, 4) is 5.75 Å². The van der Waals surface area contributed by atoms with Gasteiger partial charge in [-0.25, -0.2) is 4.99 Å². The molecule has 1 heterocycles. The molecule has 0 unspecified atom stereocenters. The van der Waals surface area contributed by atoms with Gasteiger partial charge in [0.05, 0.1) is 18.8 Å². The summed E-state index contributed by atoms with van der Waals surface area (Å²) < 4.78 is 11.3. The molecule has 0 spiro atoms. The number of hydrogen-bond acceptors (Lipinski definition) is 4. The Morgan fingerprint density at radius 1 is 1.23 bits per heavy atom. The lowest BCUT2D eigenvalue weighted by Crippen LogP contribution is -2.37. The summed E-state index contributed by atoms with van der Waals surface area (Å²) >= 11 is 0. The topological polar surface area (TPSA) is 71.7 Å². The van der Waals surface area contributed by atoms with Gasteiger partial charge in [-0.3, -0.25) is 0 Å². The van der Waals surface area contributed by atoms with Crippen LogP contribution in [0.15, 0.2) is 27.7 Å². The van der Waals surface area contributed by atoms with Crippen molar-refractivity contribution in [3.63, 3.8) is 0 Å². The molecule has 0 saturated heterocycles. The van der Waals surface area contributed by atoms with E-state index in [0.29, 0.717) is 6.54 Å². The number of aliphatic imine (C=N–C) groups is 1. The van der Waals surface area contributed by atoms with Gasteiger partial charge in [-0.15, -0.1) is 24.0 Å². The molecule has 1 aromatic heterocycles. The summed E-state index contributed by atoms with van der Waals surface area (Å²) in [6.45, 7) is 11.2. The Bertz CT molecular complexity index is 811. The van der Waals surface area contributed by atoms with E-state index in [2.05, 4.69) is 47.8 Å². The van der Waals surface area contributed by atoms with Crippen LogP contribution >= 0.6 is 24.0 Å². The Hall–Kier alpha value is -1.77. The molecule has 2 N–H and O–H groups in total. The first-order valence-electron chi connectivity index (χ1n) is 10.7. The van der Waals surface area contributed by atoms with E-state index in [1.807, 2.05) is 13.8 Å². The van der Waals surface area contributed by atoms with Gasteiger partial charge in [-0.05, 0) is 70.9 Å². The van der Waals surface area contributed by atoms with Gasteiger partial charge in [-0.2, -0.15) is 0 Å². The number of rotatable bonds is 10. The second-order valence-corrected chi connectivity index (χ2v) is 7.89. The third kappa shape index (κ3) is 7.49. The highest BCUT2D eigenvalue weighted by atomic mass is 127. The lowest BCUT2D eigenvalue weighted by molar-refractivity contribution is 0.296. The number of halogens is 1. The number of hydrogen-bond donors (Lipinski definition) is 2. The largest absolute Gasteiger partial charge is 0.493 e. The number of nitrogens with zero attached hydrogens (tertiary/aromatic N) is 2. The molecular formula is C23H35IN4O2. The first kappa shape index (κ1) is 24.5. The molecule has 0 bridgehead atoms. The maximum atomic E-state index is 6.07. The number of nitrogens with one attached hydrogen (secondary N) is 2. The Balaban J connectivity index is 0.00000320. The summed E-state index contributed by atoms with van der Waals surface area (Å²) in [5, 5.41) is 10.8. The van der Waals surface area contributed by atoms with Crippen LogP contribution in [0.3, 0.4) is 0 Å². The maximum absolute atomic E-state index is 6.07.